The average molecular weight is 605 g/mol. The molecule has 2 aromatic carbocycles. The number of benzene rings is 2. The Labute approximate surface area is 224 Å². The van der Waals surface area contributed by atoms with Crippen molar-refractivity contribution in [1.82, 2.24) is 10.2 Å². The Bertz CT molecular complexity index is 1170. The van der Waals surface area contributed by atoms with Crippen LogP contribution < -0.4 is 9.62 Å². The van der Waals surface area contributed by atoms with Gasteiger partial charge in [0.2, 0.25) is 21.8 Å². The largest absolute Gasteiger partial charge is 0.352 e. The van der Waals surface area contributed by atoms with E-state index in [2.05, 4.69) is 21.2 Å². The Morgan fingerprint density at radius 1 is 1.11 bits per heavy atom. The van der Waals surface area contributed by atoms with Crippen LogP contribution in [0, 0.1) is 0 Å². The van der Waals surface area contributed by atoms with E-state index in [9.17, 15) is 18.0 Å². The summed E-state index contributed by atoms with van der Waals surface area (Å²) in [6.45, 7) is 1.27. The van der Waals surface area contributed by atoms with E-state index >= 15 is 0 Å². The third-order valence-electron chi connectivity index (χ3n) is 5.99. The Morgan fingerprint density at radius 3 is 2.31 bits per heavy atom. The summed E-state index contributed by atoms with van der Waals surface area (Å²) in [7, 11) is -3.87. The summed E-state index contributed by atoms with van der Waals surface area (Å²) in [4.78, 5) is 28.0. The lowest BCUT2D eigenvalue weighted by Gasteiger charge is -2.32. The SMILES string of the molecule is C[C@@H](C(=O)NC1CCCC1)N(Cc1ccc(Br)cc1)C(=O)CN(c1ccc(Cl)cc1Cl)S(C)(=O)=O. The highest BCUT2D eigenvalue weighted by atomic mass is 79.9. The number of hydrogen-bond acceptors (Lipinski definition) is 4. The van der Waals surface area contributed by atoms with Crippen molar-refractivity contribution in [2.24, 2.45) is 0 Å². The minimum Gasteiger partial charge on any atom is -0.352 e. The maximum Gasteiger partial charge on any atom is 0.244 e. The van der Waals surface area contributed by atoms with E-state index in [-0.39, 0.29) is 29.2 Å². The molecule has 7 nitrogen and oxygen atoms in total. The normalized spacial score (nSPS) is 15.0. The van der Waals surface area contributed by atoms with Gasteiger partial charge in [-0.05, 0) is 55.7 Å². The van der Waals surface area contributed by atoms with Gasteiger partial charge in [0.15, 0.2) is 0 Å². The number of carbonyl (C=O) groups excluding carboxylic acids is 2. The average Bonchev–Trinajstić information content (AvgIpc) is 3.29. The zero-order chi connectivity index (χ0) is 25.8. The van der Waals surface area contributed by atoms with Crippen molar-refractivity contribution in [3.63, 3.8) is 0 Å². The van der Waals surface area contributed by atoms with Gasteiger partial charge in [0, 0.05) is 22.1 Å². The topological polar surface area (TPSA) is 86.8 Å². The molecule has 0 saturated heterocycles. The highest BCUT2D eigenvalue weighted by Crippen LogP contribution is 2.30. The zero-order valence-corrected chi connectivity index (χ0v) is 23.4. The Kier molecular flexibility index (Phi) is 9.48. The molecule has 1 fully saturated rings. The highest BCUT2D eigenvalue weighted by molar-refractivity contribution is 9.10. The molecule has 1 aliphatic carbocycles. The van der Waals surface area contributed by atoms with Crippen LogP contribution in [0.2, 0.25) is 10.0 Å². The highest BCUT2D eigenvalue weighted by Gasteiger charge is 2.32. The summed E-state index contributed by atoms with van der Waals surface area (Å²) in [5.41, 5.74) is 0.941. The summed E-state index contributed by atoms with van der Waals surface area (Å²) < 4.78 is 27.1. The minimum absolute atomic E-state index is 0.0926. The number of rotatable bonds is 9. The third kappa shape index (κ3) is 7.59. The van der Waals surface area contributed by atoms with Gasteiger partial charge in [-0.1, -0.05) is 64.1 Å². The van der Waals surface area contributed by atoms with E-state index in [1.54, 1.807) is 6.92 Å². The van der Waals surface area contributed by atoms with Crippen molar-refractivity contribution < 1.29 is 18.0 Å². The molecule has 0 aliphatic heterocycles. The summed E-state index contributed by atoms with van der Waals surface area (Å²) >= 11 is 15.6. The third-order valence-corrected chi connectivity index (χ3v) is 8.19. The Balaban J connectivity index is 1.89. The zero-order valence-electron chi connectivity index (χ0n) is 19.5. The lowest BCUT2D eigenvalue weighted by atomic mass is 10.1. The second-order valence-electron chi connectivity index (χ2n) is 8.68. The van der Waals surface area contributed by atoms with Crippen LogP contribution in [0.5, 0.6) is 0 Å². The molecule has 2 amide bonds. The van der Waals surface area contributed by atoms with Gasteiger partial charge >= 0.3 is 0 Å². The molecular weight excluding hydrogens is 577 g/mol. The van der Waals surface area contributed by atoms with Gasteiger partial charge in [0.05, 0.1) is 17.0 Å². The standard InChI is InChI=1S/C24H28BrCl2N3O4S/c1-16(24(32)28-20-5-3-4-6-20)29(14-17-7-9-18(25)10-8-17)23(31)15-30(35(2,33)34)22-12-11-19(26)13-21(22)27/h7-13,16,20H,3-6,14-15H2,1-2H3,(H,28,32)/t16-/m0/s1. The molecule has 0 aromatic heterocycles. The van der Waals surface area contributed by atoms with E-state index in [0.717, 1.165) is 46.3 Å². The van der Waals surface area contributed by atoms with Crippen LogP contribution in [0.3, 0.4) is 0 Å². The van der Waals surface area contributed by atoms with Gasteiger partial charge in [-0.15, -0.1) is 0 Å². The Morgan fingerprint density at radius 2 is 1.74 bits per heavy atom. The molecule has 11 heteroatoms. The van der Waals surface area contributed by atoms with Crippen LogP contribution in [0.1, 0.15) is 38.2 Å². The van der Waals surface area contributed by atoms with Crippen molar-refractivity contribution in [2.75, 3.05) is 17.1 Å². The van der Waals surface area contributed by atoms with Gasteiger partial charge < -0.3 is 10.2 Å². The van der Waals surface area contributed by atoms with Crippen molar-refractivity contribution >= 4 is 66.7 Å². The van der Waals surface area contributed by atoms with Crippen molar-refractivity contribution in [3.8, 4) is 0 Å². The van der Waals surface area contributed by atoms with E-state index in [0.29, 0.717) is 5.02 Å². The fourth-order valence-electron chi connectivity index (χ4n) is 4.04. The molecule has 190 valence electrons. The molecule has 2 aromatic rings. The fourth-order valence-corrected chi connectivity index (χ4v) is 5.73. The van der Waals surface area contributed by atoms with E-state index < -0.39 is 28.5 Å². The molecule has 35 heavy (non-hydrogen) atoms. The first-order chi connectivity index (χ1) is 16.5. The van der Waals surface area contributed by atoms with Crippen molar-refractivity contribution in [3.05, 3.63) is 62.5 Å². The Hall–Kier alpha value is -1.81. The van der Waals surface area contributed by atoms with Crippen molar-refractivity contribution in [1.29, 1.82) is 0 Å². The smallest absolute Gasteiger partial charge is 0.244 e. The predicted octanol–water partition coefficient (Wildman–Crippen LogP) is 5.00. The monoisotopic (exact) mass is 603 g/mol. The van der Waals surface area contributed by atoms with Crippen LogP contribution in [0.25, 0.3) is 0 Å². The maximum atomic E-state index is 13.6. The molecule has 0 spiro atoms. The van der Waals surface area contributed by atoms with Crippen LogP contribution in [0.15, 0.2) is 46.9 Å². The van der Waals surface area contributed by atoms with E-state index in [1.165, 1.54) is 23.1 Å². The van der Waals surface area contributed by atoms with Crippen LogP contribution in [0.4, 0.5) is 5.69 Å². The van der Waals surface area contributed by atoms with Crippen LogP contribution in [-0.2, 0) is 26.2 Å². The first kappa shape index (κ1) is 27.8. The van der Waals surface area contributed by atoms with Crippen LogP contribution >= 0.6 is 39.1 Å². The molecule has 1 saturated carbocycles. The lowest BCUT2D eigenvalue weighted by molar-refractivity contribution is -0.139. The molecule has 1 atom stereocenters. The molecule has 0 heterocycles. The summed E-state index contributed by atoms with van der Waals surface area (Å²) in [6, 6.07) is 11.0. The molecule has 1 N–H and O–H groups in total. The van der Waals surface area contributed by atoms with Gasteiger partial charge in [-0.3, -0.25) is 13.9 Å². The number of nitrogens with zero attached hydrogens (tertiary/aromatic N) is 2. The number of hydrogen-bond donors (Lipinski definition) is 1. The summed E-state index contributed by atoms with van der Waals surface area (Å²) in [5.74, 6) is -0.795. The number of amides is 2. The maximum absolute atomic E-state index is 13.6. The quantitative estimate of drug-likeness (QED) is 0.436. The molecule has 0 bridgehead atoms. The first-order valence-corrected chi connectivity index (χ1v) is 14.6. The second-order valence-corrected chi connectivity index (χ2v) is 12.3. The lowest BCUT2D eigenvalue weighted by Crippen LogP contribution is -2.52. The summed E-state index contributed by atoms with van der Waals surface area (Å²) in [6.07, 6.45) is 4.95. The number of nitrogens with one attached hydrogen (secondary N) is 1. The summed E-state index contributed by atoms with van der Waals surface area (Å²) in [5, 5.41) is 3.47. The van der Waals surface area contributed by atoms with E-state index in [1.807, 2.05) is 24.3 Å². The van der Waals surface area contributed by atoms with E-state index in [4.69, 9.17) is 23.2 Å². The fraction of sp³-hybridized carbons (Fsp3) is 0.417. The molecule has 3 rings (SSSR count). The van der Waals surface area contributed by atoms with Gasteiger partial charge in [-0.25, -0.2) is 8.42 Å². The minimum atomic E-state index is -3.87. The first-order valence-electron chi connectivity index (χ1n) is 11.2. The number of sulfonamides is 1. The molecular formula is C24H28BrCl2N3O4S. The number of halogens is 3. The molecule has 0 radical (unpaired) electrons. The molecule has 0 unspecified atom stereocenters. The number of anilines is 1. The predicted molar refractivity (Wildman–Crippen MR) is 143 cm³/mol. The number of carbonyl (C=O) groups is 2. The second kappa shape index (κ2) is 12.0. The molecule has 1 aliphatic rings. The van der Waals surface area contributed by atoms with Crippen LogP contribution in [-0.4, -0.2) is 50.0 Å². The van der Waals surface area contributed by atoms with Gasteiger partial charge in [0.25, 0.3) is 0 Å². The van der Waals surface area contributed by atoms with Gasteiger partial charge in [-0.2, -0.15) is 0 Å². The van der Waals surface area contributed by atoms with Crippen molar-refractivity contribution in [2.45, 2.75) is 51.2 Å². The van der Waals surface area contributed by atoms with Gasteiger partial charge in [0.1, 0.15) is 12.6 Å².